The molecule has 144 valence electrons. The summed E-state index contributed by atoms with van der Waals surface area (Å²) in [6.07, 6.45) is 4.52. The number of nitrogens with two attached hydrogens (primary N) is 1. The van der Waals surface area contributed by atoms with Gasteiger partial charge >= 0.3 is 0 Å². The predicted octanol–water partition coefficient (Wildman–Crippen LogP) is 4.18. The van der Waals surface area contributed by atoms with Crippen molar-refractivity contribution in [1.29, 1.82) is 5.41 Å². The minimum absolute atomic E-state index is 0.0476. The summed E-state index contributed by atoms with van der Waals surface area (Å²) >= 11 is 0. The number of rotatable bonds is 7. The summed E-state index contributed by atoms with van der Waals surface area (Å²) in [6.45, 7) is 0.630. The molecular weight excluding hydrogens is 360 g/mol. The third-order valence-corrected chi connectivity index (χ3v) is 5.02. The quantitative estimate of drug-likeness (QED) is 0.286. The van der Waals surface area contributed by atoms with E-state index < -0.39 is 0 Å². The van der Waals surface area contributed by atoms with E-state index in [1.54, 1.807) is 10.9 Å². The Labute approximate surface area is 169 Å². The second-order valence-corrected chi connectivity index (χ2v) is 7.14. The number of hydrogen-bond donors (Lipinski definition) is 2. The first-order valence-corrected chi connectivity index (χ1v) is 9.55. The average Bonchev–Trinajstić information content (AvgIpc) is 3.21. The predicted molar refractivity (Wildman–Crippen MR) is 115 cm³/mol. The SMILES string of the molecule is N=C(N)c1ccc(CCC(=O)c2cnn(Cc3ccc4ccccc4c3)c2)cc1. The van der Waals surface area contributed by atoms with Gasteiger partial charge in [0.05, 0.1) is 18.3 Å². The number of fused-ring (bicyclic) bond motifs is 1. The largest absolute Gasteiger partial charge is 0.384 e. The molecule has 0 aliphatic carbocycles. The number of hydrogen-bond acceptors (Lipinski definition) is 3. The van der Waals surface area contributed by atoms with E-state index in [1.165, 1.54) is 10.8 Å². The molecule has 0 saturated heterocycles. The number of nitrogen functional groups attached to an aromatic ring is 1. The number of ketones is 1. The number of aromatic nitrogens is 2. The third-order valence-electron chi connectivity index (χ3n) is 5.02. The van der Waals surface area contributed by atoms with Crippen LogP contribution < -0.4 is 5.73 Å². The van der Waals surface area contributed by atoms with Crippen LogP contribution in [-0.4, -0.2) is 21.4 Å². The van der Waals surface area contributed by atoms with Crippen molar-refractivity contribution >= 4 is 22.4 Å². The Morgan fingerprint density at radius 2 is 1.66 bits per heavy atom. The maximum absolute atomic E-state index is 12.5. The highest BCUT2D eigenvalue weighted by Crippen LogP contribution is 2.17. The summed E-state index contributed by atoms with van der Waals surface area (Å²) in [6, 6.07) is 22.1. The van der Waals surface area contributed by atoms with Gasteiger partial charge in [-0.05, 0) is 34.4 Å². The van der Waals surface area contributed by atoms with Gasteiger partial charge < -0.3 is 5.73 Å². The Hall–Kier alpha value is -3.73. The Morgan fingerprint density at radius 1 is 0.931 bits per heavy atom. The molecule has 3 N–H and O–H groups in total. The summed E-state index contributed by atoms with van der Waals surface area (Å²) in [5.41, 5.74) is 8.98. The van der Waals surface area contributed by atoms with E-state index in [0.717, 1.165) is 11.1 Å². The molecular formula is C24H22N4O. The summed E-state index contributed by atoms with van der Waals surface area (Å²) < 4.78 is 1.80. The summed E-state index contributed by atoms with van der Waals surface area (Å²) in [4.78, 5) is 12.5. The lowest BCUT2D eigenvalue weighted by atomic mass is 10.0. The van der Waals surface area contributed by atoms with Gasteiger partial charge in [0.1, 0.15) is 5.84 Å². The van der Waals surface area contributed by atoms with Crippen LogP contribution in [0.3, 0.4) is 0 Å². The number of nitrogens with zero attached hydrogens (tertiary/aromatic N) is 2. The van der Waals surface area contributed by atoms with Gasteiger partial charge in [0, 0.05) is 18.2 Å². The first-order valence-electron chi connectivity index (χ1n) is 9.55. The average molecular weight is 382 g/mol. The van der Waals surface area contributed by atoms with Gasteiger partial charge in [-0.2, -0.15) is 5.10 Å². The van der Waals surface area contributed by atoms with Gasteiger partial charge in [-0.15, -0.1) is 0 Å². The first-order chi connectivity index (χ1) is 14.1. The van der Waals surface area contributed by atoms with Crippen molar-refractivity contribution in [2.45, 2.75) is 19.4 Å². The van der Waals surface area contributed by atoms with Crippen molar-refractivity contribution in [2.24, 2.45) is 5.73 Å². The number of aryl methyl sites for hydroxylation is 1. The zero-order valence-electron chi connectivity index (χ0n) is 16.0. The molecule has 3 aromatic carbocycles. The van der Waals surface area contributed by atoms with Crippen LogP contribution in [0.2, 0.25) is 0 Å². The topological polar surface area (TPSA) is 84.8 Å². The highest BCUT2D eigenvalue weighted by molar-refractivity contribution is 5.96. The molecule has 0 spiro atoms. The minimum Gasteiger partial charge on any atom is -0.384 e. The molecule has 29 heavy (non-hydrogen) atoms. The van der Waals surface area contributed by atoms with E-state index in [-0.39, 0.29) is 11.6 Å². The van der Waals surface area contributed by atoms with Gasteiger partial charge in [0.2, 0.25) is 0 Å². The summed E-state index contributed by atoms with van der Waals surface area (Å²) in [5.74, 6) is 0.122. The van der Waals surface area contributed by atoms with Gasteiger partial charge in [0.25, 0.3) is 0 Å². The number of amidine groups is 1. The van der Waals surface area contributed by atoms with Crippen LogP contribution in [0.15, 0.2) is 79.1 Å². The first kappa shape index (κ1) is 18.6. The van der Waals surface area contributed by atoms with Crippen molar-refractivity contribution in [3.05, 3.63) is 101 Å². The Kier molecular flexibility index (Phi) is 5.20. The van der Waals surface area contributed by atoms with E-state index in [0.29, 0.717) is 30.5 Å². The molecule has 0 fully saturated rings. The zero-order valence-corrected chi connectivity index (χ0v) is 16.0. The molecule has 0 aliphatic heterocycles. The fourth-order valence-corrected chi connectivity index (χ4v) is 3.37. The molecule has 0 bridgehead atoms. The molecule has 0 amide bonds. The van der Waals surface area contributed by atoms with Crippen molar-refractivity contribution in [2.75, 3.05) is 0 Å². The molecule has 0 aliphatic rings. The molecule has 5 nitrogen and oxygen atoms in total. The smallest absolute Gasteiger partial charge is 0.166 e. The van der Waals surface area contributed by atoms with Crippen molar-refractivity contribution in [1.82, 2.24) is 9.78 Å². The Bertz CT molecular complexity index is 1170. The minimum atomic E-state index is 0.0476. The number of benzene rings is 3. The van der Waals surface area contributed by atoms with Crippen LogP contribution in [0.1, 0.15) is 33.5 Å². The third kappa shape index (κ3) is 4.41. The lowest BCUT2D eigenvalue weighted by molar-refractivity contribution is 0.0982. The van der Waals surface area contributed by atoms with Crippen LogP contribution in [0.5, 0.6) is 0 Å². The number of nitrogens with one attached hydrogen (secondary N) is 1. The number of carbonyl (C=O) groups is 1. The number of carbonyl (C=O) groups excluding carboxylic acids is 1. The highest BCUT2D eigenvalue weighted by Gasteiger charge is 2.10. The second-order valence-electron chi connectivity index (χ2n) is 7.14. The van der Waals surface area contributed by atoms with Gasteiger partial charge in [-0.3, -0.25) is 14.9 Å². The van der Waals surface area contributed by atoms with Crippen LogP contribution in [0.4, 0.5) is 0 Å². The standard InChI is InChI=1S/C24H22N4O/c25-24(26)20-10-5-17(6-11-20)8-12-23(29)22-14-27-28(16-22)15-18-7-9-19-3-1-2-4-21(19)13-18/h1-7,9-11,13-14,16H,8,12,15H2,(H3,25,26). The molecule has 1 heterocycles. The van der Waals surface area contributed by atoms with Gasteiger partial charge in [-0.1, -0.05) is 60.7 Å². The number of Topliss-reactive ketones (excluding diaryl/α,β-unsaturated/α-hetero) is 1. The molecule has 0 unspecified atom stereocenters. The maximum atomic E-state index is 12.5. The van der Waals surface area contributed by atoms with Crippen LogP contribution in [0, 0.1) is 5.41 Å². The molecule has 1 aromatic heterocycles. The molecule has 4 rings (SSSR count). The highest BCUT2D eigenvalue weighted by atomic mass is 16.1. The summed E-state index contributed by atoms with van der Waals surface area (Å²) in [5, 5.41) is 14.2. The fourth-order valence-electron chi connectivity index (χ4n) is 3.37. The second kappa shape index (κ2) is 8.10. The van der Waals surface area contributed by atoms with E-state index in [1.807, 2.05) is 42.6 Å². The van der Waals surface area contributed by atoms with Gasteiger partial charge in [-0.25, -0.2) is 0 Å². The van der Waals surface area contributed by atoms with E-state index in [2.05, 4.69) is 35.4 Å². The summed E-state index contributed by atoms with van der Waals surface area (Å²) in [7, 11) is 0. The van der Waals surface area contributed by atoms with Crippen LogP contribution in [-0.2, 0) is 13.0 Å². The van der Waals surface area contributed by atoms with Crippen molar-refractivity contribution < 1.29 is 4.79 Å². The van der Waals surface area contributed by atoms with E-state index >= 15 is 0 Å². The van der Waals surface area contributed by atoms with Gasteiger partial charge in [0.15, 0.2) is 5.78 Å². The van der Waals surface area contributed by atoms with Crippen molar-refractivity contribution in [3.8, 4) is 0 Å². The lowest BCUT2D eigenvalue weighted by Gasteiger charge is -2.04. The van der Waals surface area contributed by atoms with E-state index in [9.17, 15) is 4.79 Å². The van der Waals surface area contributed by atoms with Crippen LogP contribution >= 0.6 is 0 Å². The van der Waals surface area contributed by atoms with Crippen molar-refractivity contribution in [3.63, 3.8) is 0 Å². The molecule has 4 aromatic rings. The lowest BCUT2D eigenvalue weighted by Crippen LogP contribution is -2.10. The zero-order chi connectivity index (χ0) is 20.2. The van der Waals surface area contributed by atoms with Crippen LogP contribution in [0.25, 0.3) is 10.8 Å². The molecule has 0 radical (unpaired) electrons. The Balaban J connectivity index is 1.38. The fraction of sp³-hybridized carbons (Fsp3) is 0.125. The molecule has 5 heteroatoms. The monoisotopic (exact) mass is 382 g/mol. The van der Waals surface area contributed by atoms with E-state index in [4.69, 9.17) is 11.1 Å². The maximum Gasteiger partial charge on any atom is 0.166 e. The molecule has 0 saturated carbocycles. The molecule has 0 atom stereocenters. The normalized spacial score (nSPS) is 10.9. The Morgan fingerprint density at radius 3 is 2.41 bits per heavy atom.